The Kier molecular flexibility index (Phi) is 4.63. The third-order valence-electron chi connectivity index (χ3n) is 3.11. The first-order valence-corrected chi connectivity index (χ1v) is 9.25. The van der Waals surface area contributed by atoms with Crippen LogP contribution in [0.5, 0.6) is 0 Å². The molecule has 128 valence electrons. The number of nitrogens with zero attached hydrogens (tertiary/aromatic N) is 2. The molecule has 1 aromatic carbocycles. The molecule has 10 heteroatoms. The Morgan fingerprint density at radius 1 is 1.16 bits per heavy atom. The Balaban J connectivity index is 1.70. The van der Waals surface area contributed by atoms with Gasteiger partial charge in [-0.25, -0.2) is 0 Å². The van der Waals surface area contributed by atoms with Crippen molar-refractivity contribution in [2.45, 2.75) is 4.21 Å². The predicted molar refractivity (Wildman–Crippen MR) is 93.0 cm³/mol. The van der Waals surface area contributed by atoms with Gasteiger partial charge in [-0.05, 0) is 35.7 Å². The Labute approximate surface area is 146 Å². The minimum Gasteiger partial charge on any atom is -0.455 e. The van der Waals surface area contributed by atoms with E-state index in [1.54, 1.807) is 35.7 Å². The molecule has 1 N–H and O–H groups in total. The molecule has 0 fully saturated rings. The summed E-state index contributed by atoms with van der Waals surface area (Å²) in [6, 6.07) is 12.3. The molecule has 3 rings (SSSR count). The lowest BCUT2D eigenvalue weighted by atomic mass is 10.1. The van der Waals surface area contributed by atoms with Crippen LogP contribution in [0.3, 0.4) is 0 Å². The summed E-state index contributed by atoms with van der Waals surface area (Å²) in [5, 5.41) is 16.0. The van der Waals surface area contributed by atoms with E-state index in [1.807, 2.05) is 0 Å². The van der Waals surface area contributed by atoms with Crippen LogP contribution in [0, 0.1) is 10.1 Å². The highest BCUT2D eigenvalue weighted by atomic mass is 32.2. The van der Waals surface area contributed by atoms with Crippen molar-refractivity contribution < 1.29 is 17.8 Å². The fraction of sp³-hybridized carbons (Fsp3) is 0. The number of nitro groups is 1. The summed E-state index contributed by atoms with van der Waals surface area (Å²) in [6.07, 6.45) is 1.24. The van der Waals surface area contributed by atoms with Crippen LogP contribution in [-0.2, 0) is 10.0 Å². The first-order valence-electron chi connectivity index (χ1n) is 6.89. The van der Waals surface area contributed by atoms with Gasteiger partial charge >= 0.3 is 0 Å². The predicted octanol–water partition coefficient (Wildman–Crippen LogP) is 3.23. The summed E-state index contributed by atoms with van der Waals surface area (Å²) >= 11 is 1.08. The molecule has 3 aromatic rings. The van der Waals surface area contributed by atoms with Gasteiger partial charge in [0, 0.05) is 17.7 Å². The standard InChI is InChI=1S/C15H11N3O5S2/c19-18(20)12-5-3-11(4-6-12)14-8-7-13(23-14)10-16-17-25(21,22)15-2-1-9-24-15/h1-10,17H. The molecule has 0 atom stereocenters. The molecule has 25 heavy (non-hydrogen) atoms. The number of rotatable bonds is 6. The van der Waals surface area contributed by atoms with Crippen molar-refractivity contribution in [1.82, 2.24) is 4.83 Å². The van der Waals surface area contributed by atoms with E-state index in [0.717, 1.165) is 11.3 Å². The Hall–Kier alpha value is -2.98. The van der Waals surface area contributed by atoms with Gasteiger partial charge in [-0.15, -0.1) is 11.3 Å². The number of hydrogen-bond acceptors (Lipinski definition) is 7. The molecule has 0 radical (unpaired) electrons. The maximum atomic E-state index is 11.9. The van der Waals surface area contributed by atoms with E-state index < -0.39 is 14.9 Å². The minimum atomic E-state index is -3.68. The Morgan fingerprint density at radius 3 is 2.56 bits per heavy atom. The zero-order chi connectivity index (χ0) is 17.9. The van der Waals surface area contributed by atoms with Crippen LogP contribution >= 0.6 is 11.3 Å². The monoisotopic (exact) mass is 377 g/mol. The molecule has 0 aliphatic carbocycles. The highest BCUT2D eigenvalue weighted by molar-refractivity contribution is 7.91. The first kappa shape index (κ1) is 16.9. The van der Waals surface area contributed by atoms with Crippen LogP contribution in [-0.4, -0.2) is 19.6 Å². The van der Waals surface area contributed by atoms with Crippen LogP contribution < -0.4 is 4.83 Å². The summed E-state index contributed by atoms with van der Waals surface area (Å²) in [5.41, 5.74) is 0.643. The van der Waals surface area contributed by atoms with E-state index in [-0.39, 0.29) is 9.90 Å². The van der Waals surface area contributed by atoms with Crippen LogP contribution in [0.2, 0.25) is 0 Å². The van der Waals surface area contributed by atoms with Crippen molar-refractivity contribution in [3.63, 3.8) is 0 Å². The highest BCUT2D eigenvalue weighted by Gasteiger charge is 2.13. The van der Waals surface area contributed by atoms with Crippen molar-refractivity contribution >= 4 is 33.3 Å². The van der Waals surface area contributed by atoms with Gasteiger partial charge in [0.25, 0.3) is 15.7 Å². The second-order valence-corrected chi connectivity index (χ2v) is 7.63. The van der Waals surface area contributed by atoms with Gasteiger partial charge in [0.05, 0.1) is 11.1 Å². The van der Waals surface area contributed by atoms with Gasteiger partial charge in [-0.1, -0.05) is 6.07 Å². The zero-order valence-electron chi connectivity index (χ0n) is 12.5. The normalized spacial score (nSPS) is 11.7. The Morgan fingerprint density at radius 2 is 1.92 bits per heavy atom. The molecule has 0 saturated heterocycles. The first-order chi connectivity index (χ1) is 12.0. The van der Waals surface area contributed by atoms with E-state index in [0.29, 0.717) is 17.1 Å². The number of benzene rings is 1. The number of hydrogen-bond donors (Lipinski definition) is 1. The fourth-order valence-corrected chi connectivity index (χ4v) is 3.72. The quantitative estimate of drug-likeness (QED) is 0.402. The molecule has 2 heterocycles. The number of nitrogens with one attached hydrogen (secondary N) is 1. The van der Waals surface area contributed by atoms with Gasteiger partial charge in [0.2, 0.25) is 0 Å². The molecule has 0 saturated carbocycles. The maximum absolute atomic E-state index is 11.9. The fourth-order valence-electron chi connectivity index (χ4n) is 1.95. The molecular formula is C15H11N3O5S2. The molecule has 0 amide bonds. The largest absolute Gasteiger partial charge is 0.455 e. The van der Waals surface area contributed by atoms with E-state index in [1.165, 1.54) is 24.4 Å². The number of nitro benzene ring substituents is 1. The molecule has 0 aliphatic rings. The van der Waals surface area contributed by atoms with E-state index in [9.17, 15) is 18.5 Å². The molecule has 0 unspecified atom stereocenters. The maximum Gasteiger partial charge on any atom is 0.286 e. The number of sulfonamides is 1. The van der Waals surface area contributed by atoms with Crippen molar-refractivity contribution in [3.05, 3.63) is 69.8 Å². The average molecular weight is 377 g/mol. The van der Waals surface area contributed by atoms with Gasteiger partial charge in [0.1, 0.15) is 15.7 Å². The van der Waals surface area contributed by atoms with E-state index >= 15 is 0 Å². The number of furan rings is 1. The van der Waals surface area contributed by atoms with Gasteiger partial charge in [-0.3, -0.25) is 10.1 Å². The van der Waals surface area contributed by atoms with Crippen LogP contribution in [0.1, 0.15) is 5.76 Å². The second kappa shape index (κ2) is 6.87. The number of non-ortho nitro benzene ring substituents is 1. The zero-order valence-corrected chi connectivity index (χ0v) is 14.2. The van der Waals surface area contributed by atoms with Crippen LogP contribution in [0.4, 0.5) is 5.69 Å². The summed E-state index contributed by atoms with van der Waals surface area (Å²) in [7, 11) is -3.68. The summed E-state index contributed by atoms with van der Waals surface area (Å²) in [4.78, 5) is 12.3. The highest BCUT2D eigenvalue weighted by Crippen LogP contribution is 2.24. The lowest BCUT2D eigenvalue weighted by Crippen LogP contribution is -2.16. The lowest BCUT2D eigenvalue weighted by Gasteiger charge is -1.98. The topological polar surface area (TPSA) is 115 Å². The molecule has 2 aromatic heterocycles. The van der Waals surface area contributed by atoms with Crippen molar-refractivity contribution in [3.8, 4) is 11.3 Å². The molecular weight excluding hydrogens is 366 g/mol. The molecule has 8 nitrogen and oxygen atoms in total. The van der Waals surface area contributed by atoms with Crippen LogP contribution in [0.25, 0.3) is 11.3 Å². The van der Waals surface area contributed by atoms with E-state index in [4.69, 9.17) is 4.42 Å². The third kappa shape index (κ3) is 3.92. The molecule has 0 spiro atoms. The summed E-state index contributed by atoms with van der Waals surface area (Å²) < 4.78 is 29.5. The molecule has 0 aliphatic heterocycles. The number of hydrazone groups is 1. The third-order valence-corrected chi connectivity index (χ3v) is 5.73. The smallest absolute Gasteiger partial charge is 0.286 e. The average Bonchev–Trinajstić information content (AvgIpc) is 3.27. The van der Waals surface area contributed by atoms with Crippen molar-refractivity contribution in [1.29, 1.82) is 0 Å². The van der Waals surface area contributed by atoms with Crippen molar-refractivity contribution in [2.75, 3.05) is 0 Å². The van der Waals surface area contributed by atoms with Gasteiger partial charge < -0.3 is 4.42 Å². The Bertz CT molecular complexity index is 1010. The van der Waals surface area contributed by atoms with Gasteiger partial charge in [-0.2, -0.15) is 18.4 Å². The van der Waals surface area contributed by atoms with E-state index in [2.05, 4.69) is 9.93 Å². The van der Waals surface area contributed by atoms with Gasteiger partial charge in [0.15, 0.2) is 0 Å². The SMILES string of the molecule is O=[N+]([O-])c1ccc(-c2ccc(C=NNS(=O)(=O)c3cccs3)o2)cc1. The second-order valence-electron chi connectivity index (χ2n) is 4.79. The lowest BCUT2D eigenvalue weighted by molar-refractivity contribution is -0.384. The summed E-state index contributed by atoms with van der Waals surface area (Å²) in [5.74, 6) is 0.819. The summed E-state index contributed by atoms with van der Waals surface area (Å²) in [6.45, 7) is 0. The van der Waals surface area contributed by atoms with Crippen molar-refractivity contribution in [2.24, 2.45) is 5.10 Å². The number of thiophene rings is 1. The van der Waals surface area contributed by atoms with Crippen LogP contribution in [0.15, 0.2) is 67.6 Å². The molecule has 0 bridgehead atoms. The minimum absolute atomic E-state index is 0.0138.